The molecule has 8 nitrogen and oxygen atoms in total. The topological polar surface area (TPSA) is 85.9 Å². The molecule has 2 aromatic carbocycles. The zero-order valence-electron chi connectivity index (χ0n) is 20.9. The normalized spacial score (nSPS) is 10.8. The number of benzene rings is 2. The molecule has 0 saturated carbocycles. The summed E-state index contributed by atoms with van der Waals surface area (Å²) in [5.41, 5.74) is 3.43. The second-order valence-electron chi connectivity index (χ2n) is 8.52. The van der Waals surface area contributed by atoms with Crippen LogP contribution in [-0.2, 0) is 4.79 Å². The molecule has 194 valence electrons. The van der Waals surface area contributed by atoms with Crippen LogP contribution in [0.1, 0.15) is 40.5 Å². The van der Waals surface area contributed by atoms with Crippen molar-refractivity contribution in [1.82, 2.24) is 15.3 Å². The van der Waals surface area contributed by atoms with Gasteiger partial charge in [0.25, 0.3) is 11.8 Å². The highest BCUT2D eigenvalue weighted by molar-refractivity contribution is 6.30. The molecule has 0 aliphatic rings. The molecule has 1 N–H and O–H groups in total. The fourth-order valence-corrected chi connectivity index (χ4v) is 3.57. The number of unbranched alkanes of at least 4 members (excludes halogenated alkanes) is 1. The smallest absolute Gasteiger partial charge is 0.278 e. The second-order valence-corrected chi connectivity index (χ2v) is 8.95. The predicted octanol–water partition coefficient (Wildman–Crippen LogP) is 4.56. The summed E-state index contributed by atoms with van der Waals surface area (Å²) in [6, 6.07) is 14.5. The van der Waals surface area contributed by atoms with Crippen LogP contribution in [0.2, 0.25) is 5.02 Å². The number of anilines is 2. The third kappa shape index (κ3) is 7.58. The minimum Gasteiger partial charge on any atom is -0.314 e. The van der Waals surface area contributed by atoms with Crippen molar-refractivity contribution in [3.63, 3.8) is 0 Å². The lowest BCUT2D eigenvalue weighted by Gasteiger charge is -2.23. The molecule has 0 bridgehead atoms. The molecule has 10 heteroatoms. The van der Waals surface area contributed by atoms with E-state index in [1.165, 1.54) is 41.4 Å². The monoisotopic (exact) mass is 525 g/mol. The van der Waals surface area contributed by atoms with Gasteiger partial charge in [0.05, 0.1) is 11.6 Å². The van der Waals surface area contributed by atoms with Crippen LogP contribution in [0.4, 0.5) is 15.9 Å². The van der Waals surface area contributed by atoms with Crippen molar-refractivity contribution in [2.75, 3.05) is 37.1 Å². The van der Waals surface area contributed by atoms with E-state index in [4.69, 9.17) is 11.6 Å². The van der Waals surface area contributed by atoms with Crippen molar-refractivity contribution >= 4 is 40.8 Å². The Bertz CT molecular complexity index is 1240. The summed E-state index contributed by atoms with van der Waals surface area (Å²) in [6.45, 7) is 3.22. The Labute approximate surface area is 220 Å². The number of aromatic nitrogens is 1. The Hall–Kier alpha value is -3.82. The molecule has 0 unspecified atom stereocenters. The molecular formula is C27H29ClFN5O3. The zero-order chi connectivity index (χ0) is 26.9. The molecule has 0 aliphatic carbocycles. The summed E-state index contributed by atoms with van der Waals surface area (Å²) in [5.74, 6) is -1.84. The highest BCUT2D eigenvalue weighted by Crippen LogP contribution is 2.18. The number of carbonyl (C=O) groups excluding carboxylic acids is 3. The molecule has 3 aromatic rings. The molecule has 1 aromatic heterocycles. The van der Waals surface area contributed by atoms with Crippen LogP contribution < -0.4 is 15.3 Å². The molecule has 0 saturated heterocycles. The number of amides is 3. The van der Waals surface area contributed by atoms with Crippen LogP contribution >= 0.6 is 11.6 Å². The molecule has 0 radical (unpaired) electrons. The summed E-state index contributed by atoms with van der Waals surface area (Å²) >= 11 is 5.91. The molecule has 37 heavy (non-hydrogen) atoms. The molecule has 3 amide bonds. The summed E-state index contributed by atoms with van der Waals surface area (Å²) < 4.78 is 13.7. The van der Waals surface area contributed by atoms with Gasteiger partial charge in [-0.1, -0.05) is 31.0 Å². The number of hydrogen-bond donors (Lipinski definition) is 1. The number of rotatable bonds is 9. The van der Waals surface area contributed by atoms with E-state index in [-0.39, 0.29) is 29.4 Å². The first-order valence-corrected chi connectivity index (χ1v) is 12.1. The van der Waals surface area contributed by atoms with Crippen LogP contribution in [0.5, 0.6) is 0 Å². The number of halogens is 2. The minimum absolute atomic E-state index is 0.0245. The summed E-state index contributed by atoms with van der Waals surface area (Å²) in [7, 11) is 3.58. The Morgan fingerprint density at radius 1 is 1.00 bits per heavy atom. The van der Waals surface area contributed by atoms with E-state index in [9.17, 15) is 18.8 Å². The van der Waals surface area contributed by atoms with Gasteiger partial charge in [0.15, 0.2) is 5.82 Å². The van der Waals surface area contributed by atoms with Crippen molar-refractivity contribution in [2.24, 2.45) is 0 Å². The van der Waals surface area contributed by atoms with Gasteiger partial charge < -0.3 is 4.90 Å². The van der Waals surface area contributed by atoms with Crippen LogP contribution in [0.25, 0.3) is 0 Å². The summed E-state index contributed by atoms with van der Waals surface area (Å²) in [6.07, 6.45) is 3.40. The maximum atomic E-state index is 13.7. The summed E-state index contributed by atoms with van der Waals surface area (Å²) in [5, 5.41) is 1.28. The van der Waals surface area contributed by atoms with E-state index in [0.717, 1.165) is 30.5 Å². The average molecular weight is 526 g/mol. The van der Waals surface area contributed by atoms with Crippen LogP contribution in [0.3, 0.4) is 0 Å². The standard InChI is InChI=1S/C27H29ClFN5O3/c1-4-5-15-32(2)18-25(35)33(3)23-12-9-19(10-13-23)26(36)31-34(24-14-11-21(28)17-30-24)27(37)20-7-6-8-22(29)16-20/h6-14,16-17H,4-5,15,18H2,1-3H3,(H,31,36). The first-order valence-electron chi connectivity index (χ1n) is 11.8. The second kappa shape index (κ2) is 12.9. The van der Waals surface area contributed by atoms with Crippen LogP contribution in [0, 0.1) is 5.82 Å². The highest BCUT2D eigenvalue weighted by Gasteiger charge is 2.23. The molecule has 3 rings (SSSR count). The summed E-state index contributed by atoms with van der Waals surface area (Å²) in [4.78, 5) is 46.4. The van der Waals surface area contributed by atoms with E-state index in [1.54, 1.807) is 31.3 Å². The van der Waals surface area contributed by atoms with E-state index in [0.29, 0.717) is 10.7 Å². The molecule has 0 spiro atoms. The van der Waals surface area contributed by atoms with Gasteiger partial charge in [-0.2, -0.15) is 5.01 Å². The van der Waals surface area contributed by atoms with Crippen molar-refractivity contribution in [1.29, 1.82) is 0 Å². The van der Waals surface area contributed by atoms with Crippen molar-refractivity contribution in [3.8, 4) is 0 Å². The van der Waals surface area contributed by atoms with Gasteiger partial charge in [0, 0.05) is 30.1 Å². The third-order valence-electron chi connectivity index (χ3n) is 5.62. The molecule has 0 atom stereocenters. The lowest BCUT2D eigenvalue weighted by molar-refractivity contribution is -0.119. The number of nitrogens with zero attached hydrogens (tertiary/aromatic N) is 4. The zero-order valence-corrected chi connectivity index (χ0v) is 21.7. The SMILES string of the molecule is CCCCN(C)CC(=O)N(C)c1ccc(C(=O)NN(C(=O)c2cccc(F)c2)c2ccc(Cl)cn2)cc1. The van der Waals surface area contributed by atoms with Crippen LogP contribution in [0.15, 0.2) is 66.9 Å². The number of carbonyl (C=O) groups is 3. The predicted molar refractivity (Wildman–Crippen MR) is 142 cm³/mol. The molecule has 1 heterocycles. The van der Waals surface area contributed by atoms with Gasteiger partial charge >= 0.3 is 0 Å². The number of hydrogen-bond acceptors (Lipinski definition) is 5. The molecule has 0 aliphatic heterocycles. The van der Waals surface area contributed by atoms with E-state index in [2.05, 4.69) is 17.3 Å². The van der Waals surface area contributed by atoms with Gasteiger partial charge in [-0.25, -0.2) is 9.37 Å². The van der Waals surface area contributed by atoms with Crippen molar-refractivity contribution in [3.05, 3.63) is 88.8 Å². The van der Waals surface area contributed by atoms with E-state index in [1.807, 2.05) is 11.9 Å². The quantitative estimate of drug-likeness (QED) is 0.414. The fraction of sp³-hybridized carbons (Fsp3) is 0.259. The first kappa shape index (κ1) is 27.8. The van der Waals surface area contributed by atoms with E-state index < -0.39 is 17.6 Å². The van der Waals surface area contributed by atoms with Crippen LogP contribution in [-0.4, -0.2) is 54.8 Å². The number of hydrazine groups is 1. The Morgan fingerprint density at radius 3 is 2.35 bits per heavy atom. The highest BCUT2D eigenvalue weighted by atomic mass is 35.5. The van der Waals surface area contributed by atoms with Gasteiger partial charge in [0.2, 0.25) is 5.91 Å². The Balaban J connectivity index is 1.76. The molecule has 0 fully saturated rings. The number of likely N-dealkylation sites (N-methyl/N-ethyl adjacent to an activating group) is 2. The van der Waals surface area contributed by atoms with Gasteiger partial charge in [-0.3, -0.25) is 24.7 Å². The van der Waals surface area contributed by atoms with Gasteiger partial charge in [-0.15, -0.1) is 0 Å². The number of pyridine rings is 1. The molecular weight excluding hydrogens is 497 g/mol. The minimum atomic E-state index is -0.684. The average Bonchev–Trinajstić information content (AvgIpc) is 2.90. The van der Waals surface area contributed by atoms with Crippen molar-refractivity contribution in [2.45, 2.75) is 19.8 Å². The number of nitrogens with one attached hydrogen (secondary N) is 1. The fourth-order valence-electron chi connectivity index (χ4n) is 3.45. The largest absolute Gasteiger partial charge is 0.314 e. The first-order chi connectivity index (χ1) is 17.7. The van der Waals surface area contributed by atoms with Gasteiger partial charge in [0.1, 0.15) is 5.82 Å². The van der Waals surface area contributed by atoms with E-state index >= 15 is 0 Å². The Kier molecular flexibility index (Phi) is 9.71. The lowest BCUT2D eigenvalue weighted by Crippen LogP contribution is -2.47. The maximum Gasteiger partial charge on any atom is 0.278 e. The lowest BCUT2D eigenvalue weighted by atomic mass is 10.2. The third-order valence-corrected chi connectivity index (χ3v) is 5.84. The maximum absolute atomic E-state index is 13.7. The van der Waals surface area contributed by atoms with Crippen molar-refractivity contribution < 1.29 is 18.8 Å². The van der Waals surface area contributed by atoms with Gasteiger partial charge in [-0.05, 0) is 74.6 Å². The Morgan fingerprint density at radius 2 is 1.73 bits per heavy atom.